The van der Waals surface area contributed by atoms with Crippen LogP contribution in [0.4, 0.5) is 34.5 Å². The van der Waals surface area contributed by atoms with Crippen molar-refractivity contribution < 1.29 is 9.72 Å². The van der Waals surface area contributed by atoms with Gasteiger partial charge in [-0.15, -0.1) is 0 Å². The number of carbonyl (C=O) groups is 1. The lowest BCUT2D eigenvalue weighted by Gasteiger charge is -2.10. The Morgan fingerprint density at radius 1 is 1.00 bits per heavy atom. The molecule has 0 radical (unpaired) electrons. The van der Waals surface area contributed by atoms with Crippen molar-refractivity contribution in [1.29, 1.82) is 0 Å². The molecule has 0 aliphatic carbocycles. The lowest BCUT2D eigenvalue weighted by molar-refractivity contribution is -0.383. The number of pyridine rings is 1. The molecule has 0 unspecified atom stereocenters. The number of amides is 1. The Morgan fingerprint density at radius 2 is 1.64 bits per heavy atom. The van der Waals surface area contributed by atoms with Crippen LogP contribution in [0.1, 0.15) is 6.92 Å². The maximum atomic E-state index is 11.6. The van der Waals surface area contributed by atoms with Crippen molar-refractivity contribution in [3.05, 3.63) is 63.5 Å². The Labute approximate surface area is 167 Å². The van der Waals surface area contributed by atoms with E-state index < -0.39 is 4.92 Å². The predicted octanol–water partition coefficient (Wildman–Crippen LogP) is 3.99. The number of carbonyl (C=O) groups excluding carboxylic acids is 1. The highest BCUT2D eigenvalue weighted by atomic mass is 79.9. The fourth-order valence-corrected chi connectivity index (χ4v) is 2.52. The monoisotopic (exact) mass is 443 g/mol. The molecule has 0 aliphatic rings. The summed E-state index contributed by atoms with van der Waals surface area (Å²) < 4.78 is 0.778. The summed E-state index contributed by atoms with van der Waals surface area (Å²) in [5, 5.41) is 20.0. The van der Waals surface area contributed by atoms with Crippen LogP contribution < -0.4 is 16.0 Å². The van der Waals surface area contributed by atoms with E-state index in [-0.39, 0.29) is 23.2 Å². The Hall–Kier alpha value is -3.60. The van der Waals surface area contributed by atoms with E-state index in [2.05, 4.69) is 46.8 Å². The number of rotatable bonds is 6. The summed E-state index contributed by atoms with van der Waals surface area (Å²) >= 11 is 3.28. The third kappa shape index (κ3) is 4.76. The molecule has 0 saturated carbocycles. The van der Waals surface area contributed by atoms with Crippen LogP contribution in [0.25, 0.3) is 0 Å². The van der Waals surface area contributed by atoms with E-state index in [0.717, 1.165) is 4.47 Å². The van der Waals surface area contributed by atoms with Crippen LogP contribution in [0.2, 0.25) is 0 Å². The van der Waals surface area contributed by atoms with E-state index in [1.807, 2.05) is 0 Å². The molecule has 1 aromatic carbocycles. The molecule has 0 atom stereocenters. The van der Waals surface area contributed by atoms with Crippen molar-refractivity contribution in [1.82, 2.24) is 15.0 Å². The zero-order valence-electron chi connectivity index (χ0n) is 14.5. The van der Waals surface area contributed by atoms with E-state index in [1.54, 1.807) is 42.6 Å². The van der Waals surface area contributed by atoms with E-state index in [4.69, 9.17) is 0 Å². The summed E-state index contributed by atoms with van der Waals surface area (Å²) in [6.45, 7) is 1.41. The second-order valence-corrected chi connectivity index (χ2v) is 6.46. The van der Waals surface area contributed by atoms with Crippen LogP contribution in [0.15, 0.2) is 53.4 Å². The Morgan fingerprint density at radius 3 is 2.21 bits per heavy atom. The zero-order chi connectivity index (χ0) is 20.1. The Bertz CT molecular complexity index is 1010. The summed E-state index contributed by atoms with van der Waals surface area (Å²) in [6.07, 6.45) is 2.77. The maximum absolute atomic E-state index is 11.6. The van der Waals surface area contributed by atoms with Crippen LogP contribution >= 0.6 is 15.9 Å². The molecule has 0 aliphatic heterocycles. The summed E-state index contributed by atoms with van der Waals surface area (Å²) in [4.78, 5) is 34.2. The number of nitrogens with zero attached hydrogens (tertiary/aromatic N) is 4. The highest BCUT2D eigenvalue weighted by molar-refractivity contribution is 9.10. The van der Waals surface area contributed by atoms with Gasteiger partial charge in [0.2, 0.25) is 17.5 Å². The first-order valence-corrected chi connectivity index (χ1v) is 8.74. The van der Waals surface area contributed by atoms with Gasteiger partial charge < -0.3 is 16.0 Å². The van der Waals surface area contributed by atoms with Crippen molar-refractivity contribution in [2.24, 2.45) is 0 Å². The average molecular weight is 444 g/mol. The molecular formula is C17H14BrN7O3. The quantitative estimate of drug-likeness (QED) is 0.384. The molecule has 0 spiro atoms. The summed E-state index contributed by atoms with van der Waals surface area (Å²) in [5.74, 6) is 0.235. The van der Waals surface area contributed by atoms with Gasteiger partial charge in [0.25, 0.3) is 0 Å². The topological polar surface area (TPSA) is 135 Å². The number of halogens is 1. The predicted molar refractivity (Wildman–Crippen MR) is 108 cm³/mol. The fourth-order valence-electron chi connectivity index (χ4n) is 2.28. The van der Waals surface area contributed by atoms with Crippen LogP contribution in [-0.4, -0.2) is 25.8 Å². The number of hydrogen-bond acceptors (Lipinski definition) is 8. The van der Waals surface area contributed by atoms with Gasteiger partial charge in [-0.05, 0) is 52.3 Å². The largest absolute Gasteiger partial charge is 0.353 e. The van der Waals surface area contributed by atoms with Gasteiger partial charge in [0, 0.05) is 29.0 Å². The van der Waals surface area contributed by atoms with Gasteiger partial charge in [-0.1, -0.05) is 0 Å². The molecule has 11 heteroatoms. The van der Waals surface area contributed by atoms with Gasteiger partial charge in [-0.3, -0.25) is 14.9 Å². The third-order valence-electron chi connectivity index (χ3n) is 3.45. The minimum Gasteiger partial charge on any atom is -0.334 e. The second kappa shape index (κ2) is 8.39. The molecule has 142 valence electrons. The van der Waals surface area contributed by atoms with E-state index in [9.17, 15) is 14.9 Å². The number of benzene rings is 1. The minimum absolute atomic E-state index is 0.00666. The highest BCUT2D eigenvalue weighted by Crippen LogP contribution is 2.32. The summed E-state index contributed by atoms with van der Waals surface area (Å²) in [5.41, 5.74) is 0.848. The van der Waals surface area contributed by atoms with Gasteiger partial charge in [0.1, 0.15) is 12.1 Å². The number of nitrogens with one attached hydrogen (secondary N) is 3. The molecule has 1 amide bonds. The van der Waals surface area contributed by atoms with Gasteiger partial charge in [0.05, 0.1) is 4.92 Å². The molecule has 28 heavy (non-hydrogen) atoms. The molecular weight excluding hydrogens is 430 g/mol. The van der Waals surface area contributed by atoms with Crippen molar-refractivity contribution in [2.75, 3.05) is 16.0 Å². The Kier molecular flexibility index (Phi) is 5.75. The van der Waals surface area contributed by atoms with Crippen molar-refractivity contribution in [3.63, 3.8) is 0 Å². The summed E-state index contributed by atoms with van der Waals surface area (Å²) in [6, 6.07) is 10.1. The van der Waals surface area contributed by atoms with E-state index in [0.29, 0.717) is 17.2 Å². The molecule has 2 aromatic heterocycles. The van der Waals surface area contributed by atoms with Gasteiger partial charge >= 0.3 is 5.69 Å². The maximum Gasteiger partial charge on any atom is 0.353 e. The Balaban J connectivity index is 1.87. The SMILES string of the molecule is CC(=O)Nc1ccc(Nc2ncnc(Nc3ccc(Br)cn3)c2[N+](=O)[O-])cc1. The molecule has 3 N–H and O–H groups in total. The van der Waals surface area contributed by atoms with Crippen LogP contribution in [0.3, 0.4) is 0 Å². The number of hydrogen-bond donors (Lipinski definition) is 3. The molecule has 3 rings (SSSR count). The van der Waals surface area contributed by atoms with E-state index in [1.165, 1.54) is 13.3 Å². The van der Waals surface area contributed by atoms with Gasteiger partial charge in [-0.25, -0.2) is 15.0 Å². The van der Waals surface area contributed by atoms with Gasteiger partial charge in [0.15, 0.2) is 0 Å². The number of aromatic nitrogens is 3. The lowest BCUT2D eigenvalue weighted by atomic mass is 10.2. The molecule has 10 nitrogen and oxygen atoms in total. The third-order valence-corrected chi connectivity index (χ3v) is 3.92. The smallest absolute Gasteiger partial charge is 0.334 e. The molecule has 0 fully saturated rings. The van der Waals surface area contributed by atoms with Crippen LogP contribution in [0, 0.1) is 10.1 Å². The minimum atomic E-state index is -0.574. The van der Waals surface area contributed by atoms with Crippen LogP contribution in [0.5, 0.6) is 0 Å². The first-order chi connectivity index (χ1) is 13.4. The first kappa shape index (κ1) is 19.2. The van der Waals surface area contributed by atoms with Gasteiger partial charge in [-0.2, -0.15) is 0 Å². The zero-order valence-corrected chi connectivity index (χ0v) is 16.1. The lowest BCUT2D eigenvalue weighted by Crippen LogP contribution is -2.07. The van der Waals surface area contributed by atoms with Crippen molar-refractivity contribution >= 4 is 56.4 Å². The highest BCUT2D eigenvalue weighted by Gasteiger charge is 2.23. The normalized spacial score (nSPS) is 10.2. The van der Waals surface area contributed by atoms with E-state index >= 15 is 0 Å². The average Bonchev–Trinajstić information content (AvgIpc) is 2.65. The molecule has 0 bridgehead atoms. The number of nitro groups is 1. The fraction of sp³-hybridized carbons (Fsp3) is 0.0588. The molecule has 3 aromatic rings. The van der Waals surface area contributed by atoms with Crippen molar-refractivity contribution in [2.45, 2.75) is 6.92 Å². The summed E-state index contributed by atoms with van der Waals surface area (Å²) in [7, 11) is 0. The number of anilines is 5. The molecule has 2 heterocycles. The van der Waals surface area contributed by atoms with Crippen molar-refractivity contribution in [3.8, 4) is 0 Å². The first-order valence-electron chi connectivity index (χ1n) is 7.95. The second-order valence-electron chi connectivity index (χ2n) is 5.55. The molecule has 0 saturated heterocycles. The van der Waals surface area contributed by atoms with Crippen LogP contribution in [-0.2, 0) is 4.79 Å². The standard InChI is InChI=1S/C17H14BrN7O3/c1-10(26)22-12-3-5-13(6-4-12)23-16-15(25(27)28)17(21-9-20-16)24-14-7-2-11(18)8-19-14/h2-9H,1H3,(H,22,26)(H2,19,20,21,23,24).